The van der Waals surface area contributed by atoms with Gasteiger partial charge in [0, 0.05) is 12.5 Å². The van der Waals surface area contributed by atoms with Gasteiger partial charge >= 0.3 is 5.51 Å². The summed E-state index contributed by atoms with van der Waals surface area (Å²) < 4.78 is 36.7. The van der Waals surface area contributed by atoms with Crippen molar-refractivity contribution in [2.75, 3.05) is 5.33 Å². The number of carbonyl (C=O) groups excluding carboxylic acids is 1. The van der Waals surface area contributed by atoms with E-state index in [2.05, 4.69) is 15.9 Å². The monoisotopic (exact) mass is 357 g/mol. The van der Waals surface area contributed by atoms with E-state index in [0.717, 1.165) is 12.1 Å². The first kappa shape index (κ1) is 16.0. The number of thioether (sulfide) groups is 1. The largest absolute Gasteiger partial charge is 0.446 e. The van der Waals surface area contributed by atoms with Crippen LogP contribution in [0.2, 0.25) is 0 Å². The fourth-order valence-corrected chi connectivity index (χ4v) is 2.12. The second kappa shape index (κ2) is 6.38. The zero-order chi connectivity index (χ0) is 14.6. The lowest BCUT2D eigenvalue weighted by atomic mass is 10.1. The Balaban J connectivity index is 3.08. The van der Waals surface area contributed by atoms with Crippen molar-refractivity contribution in [2.45, 2.75) is 16.8 Å². The standard InChI is InChI=1S/C10H7BrF3NO3S/c11-5-7(16)3-6-1-2-9(19-10(12,13)14)8(4-6)15(17)18/h1-2,4H,3,5H2. The van der Waals surface area contributed by atoms with Gasteiger partial charge in [-0.25, -0.2) is 0 Å². The van der Waals surface area contributed by atoms with E-state index in [-0.39, 0.29) is 17.5 Å². The third-order valence-electron chi connectivity index (χ3n) is 2.00. The first-order valence-electron chi connectivity index (χ1n) is 4.83. The lowest BCUT2D eigenvalue weighted by molar-refractivity contribution is -0.387. The molecule has 1 aromatic carbocycles. The maximum Gasteiger partial charge on any atom is 0.446 e. The zero-order valence-corrected chi connectivity index (χ0v) is 11.6. The van der Waals surface area contributed by atoms with Gasteiger partial charge < -0.3 is 0 Å². The Hall–Kier alpha value is -1.09. The summed E-state index contributed by atoms with van der Waals surface area (Å²) in [6.07, 6.45) is -0.0664. The van der Waals surface area contributed by atoms with Gasteiger partial charge in [0.1, 0.15) is 5.78 Å². The third kappa shape index (κ3) is 5.19. The number of nitrogens with zero attached hydrogens (tertiary/aromatic N) is 1. The number of alkyl halides is 4. The Labute approximate surface area is 118 Å². The topological polar surface area (TPSA) is 60.2 Å². The lowest BCUT2D eigenvalue weighted by Crippen LogP contribution is -2.05. The van der Waals surface area contributed by atoms with Crippen LogP contribution >= 0.6 is 27.7 Å². The van der Waals surface area contributed by atoms with Gasteiger partial charge in [0.05, 0.1) is 15.1 Å². The smallest absolute Gasteiger partial charge is 0.298 e. The second-order valence-corrected chi connectivity index (χ2v) is 5.12. The number of nitro groups is 1. The molecule has 0 radical (unpaired) electrons. The van der Waals surface area contributed by atoms with Gasteiger partial charge in [0.15, 0.2) is 0 Å². The molecule has 4 nitrogen and oxygen atoms in total. The van der Waals surface area contributed by atoms with Crippen LogP contribution in [0.25, 0.3) is 0 Å². The molecule has 0 fully saturated rings. The van der Waals surface area contributed by atoms with Gasteiger partial charge in [-0.15, -0.1) is 0 Å². The average Bonchev–Trinajstić information content (AvgIpc) is 2.28. The predicted octanol–water partition coefficient (Wildman–Crippen LogP) is 3.71. The minimum Gasteiger partial charge on any atom is -0.298 e. The number of benzene rings is 1. The van der Waals surface area contributed by atoms with Crippen LogP contribution in [0.3, 0.4) is 0 Å². The molecule has 104 valence electrons. The number of hydrogen-bond acceptors (Lipinski definition) is 4. The summed E-state index contributed by atoms with van der Waals surface area (Å²) in [5.74, 6) is -0.217. The molecule has 0 unspecified atom stereocenters. The molecule has 0 bridgehead atoms. The van der Waals surface area contributed by atoms with E-state index in [1.807, 2.05) is 0 Å². The highest BCUT2D eigenvalue weighted by Crippen LogP contribution is 2.41. The highest BCUT2D eigenvalue weighted by molar-refractivity contribution is 9.09. The van der Waals surface area contributed by atoms with Gasteiger partial charge in [-0.2, -0.15) is 13.2 Å². The first-order chi connectivity index (χ1) is 8.73. The third-order valence-corrected chi connectivity index (χ3v) is 3.42. The fraction of sp³-hybridized carbons (Fsp3) is 0.300. The number of halogens is 4. The zero-order valence-electron chi connectivity index (χ0n) is 9.24. The quantitative estimate of drug-likeness (QED) is 0.348. The minimum absolute atomic E-state index is 0.0664. The summed E-state index contributed by atoms with van der Waals surface area (Å²) in [6.45, 7) is 0. The van der Waals surface area contributed by atoms with Crippen molar-refractivity contribution in [3.63, 3.8) is 0 Å². The molecule has 0 aliphatic heterocycles. The summed E-state index contributed by atoms with van der Waals surface area (Å²) in [6, 6.07) is 3.28. The van der Waals surface area contributed by atoms with E-state index < -0.39 is 32.8 Å². The van der Waals surface area contributed by atoms with E-state index in [0.29, 0.717) is 5.56 Å². The second-order valence-electron chi connectivity index (χ2n) is 3.46. The maximum atomic E-state index is 12.2. The number of rotatable bonds is 5. The molecule has 0 heterocycles. The molecule has 0 aliphatic rings. The molecule has 1 rings (SSSR count). The van der Waals surface area contributed by atoms with E-state index in [1.165, 1.54) is 6.07 Å². The number of carbonyl (C=O) groups is 1. The molecule has 0 atom stereocenters. The van der Waals surface area contributed by atoms with E-state index in [9.17, 15) is 28.1 Å². The summed E-state index contributed by atoms with van der Waals surface area (Å²) in [7, 11) is 0. The van der Waals surface area contributed by atoms with Crippen LogP contribution in [0.15, 0.2) is 23.1 Å². The molecule has 19 heavy (non-hydrogen) atoms. The minimum atomic E-state index is -4.60. The van der Waals surface area contributed by atoms with Crippen LogP contribution in [0.4, 0.5) is 18.9 Å². The van der Waals surface area contributed by atoms with Crippen molar-refractivity contribution in [3.05, 3.63) is 33.9 Å². The van der Waals surface area contributed by atoms with Crippen molar-refractivity contribution < 1.29 is 22.9 Å². The number of Topliss-reactive ketones (excluding diaryl/α,β-unsaturated/α-hetero) is 1. The van der Waals surface area contributed by atoms with Gasteiger partial charge in [0.25, 0.3) is 5.69 Å². The Morgan fingerprint density at radius 3 is 2.53 bits per heavy atom. The van der Waals surface area contributed by atoms with Gasteiger partial charge in [-0.05, 0) is 23.4 Å². The molecule has 0 spiro atoms. The van der Waals surface area contributed by atoms with E-state index >= 15 is 0 Å². The Morgan fingerprint density at radius 1 is 1.42 bits per heavy atom. The normalized spacial score (nSPS) is 11.4. The Bertz CT molecular complexity index is 507. The SMILES string of the molecule is O=C(CBr)Cc1ccc(SC(F)(F)F)c([N+](=O)[O-])c1. The molecule has 0 aromatic heterocycles. The summed E-state index contributed by atoms with van der Waals surface area (Å²) in [4.78, 5) is 20.5. The average molecular weight is 358 g/mol. The van der Waals surface area contributed by atoms with Crippen molar-refractivity contribution in [1.82, 2.24) is 0 Å². The Morgan fingerprint density at radius 2 is 2.05 bits per heavy atom. The predicted molar refractivity (Wildman–Crippen MR) is 67.5 cm³/mol. The number of hydrogen-bond donors (Lipinski definition) is 0. The number of nitro benzene ring substituents is 1. The van der Waals surface area contributed by atoms with Crippen LogP contribution in [0.1, 0.15) is 5.56 Å². The van der Waals surface area contributed by atoms with Crippen molar-refractivity contribution in [2.24, 2.45) is 0 Å². The van der Waals surface area contributed by atoms with Crippen LogP contribution in [-0.4, -0.2) is 21.5 Å². The van der Waals surface area contributed by atoms with Gasteiger partial charge in [0.2, 0.25) is 0 Å². The molecule has 0 N–H and O–H groups in total. The van der Waals surface area contributed by atoms with Crippen molar-refractivity contribution >= 4 is 39.2 Å². The summed E-state index contributed by atoms with van der Waals surface area (Å²) >= 11 is 2.39. The lowest BCUT2D eigenvalue weighted by Gasteiger charge is -2.07. The molecule has 0 amide bonds. The van der Waals surface area contributed by atoms with Crippen molar-refractivity contribution in [3.8, 4) is 0 Å². The van der Waals surface area contributed by atoms with Gasteiger partial charge in [-0.1, -0.05) is 22.0 Å². The Kier molecular flexibility index (Phi) is 5.36. The molecule has 0 saturated heterocycles. The van der Waals surface area contributed by atoms with Crippen molar-refractivity contribution in [1.29, 1.82) is 0 Å². The molecular formula is C10H7BrF3NO3S. The van der Waals surface area contributed by atoms with Crippen LogP contribution in [-0.2, 0) is 11.2 Å². The molecular weight excluding hydrogens is 351 g/mol. The highest BCUT2D eigenvalue weighted by Gasteiger charge is 2.33. The van der Waals surface area contributed by atoms with Gasteiger partial charge in [-0.3, -0.25) is 14.9 Å². The highest BCUT2D eigenvalue weighted by atomic mass is 79.9. The van der Waals surface area contributed by atoms with Crippen LogP contribution in [0.5, 0.6) is 0 Å². The molecule has 0 saturated carbocycles. The summed E-state index contributed by atoms with van der Waals surface area (Å²) in [5.41, 5.74) is -4.94. The van der Waals surface area contributed by atoms with E-state index in [4.69, 9.17) is 0 Å². The first-order valence-corrected chi connectivity index (χ1v) is 6.77. The van der Waals surface area contributed by atoms with Crippen LogP contribution in [0, 0.1) is 10.1 Å². The number of ketones is 1. The molecule has 9 heteroatoms. The summed E-state index contributed by atoms with van der Waals surface area (Å²) in [5, 5.41) is 10.8. The maximum absolute atomic E-state index is 12.2. The fourth-order valence-electron chi connectivity index (χ4n) is 1.30. The van der Waals surface area contributed by atoms with Crippen LogP contribution < -0.4 is 0 Å². The molecule has 1 aromatic rings. The molecule has 0 aliphatic carbocycles. The van der Waals surface area contributed by atoms with E-state index in [1.54, 1.807) is 0 Å².